The summed E-state index contributed by atoms with van der Waals surface area (Å²) in [5.41, 5.74) is 5.37. The lowest BCUT2D eigenvalue weighted by Gasteiger charge is -2.19. The Hall–Kier alpha value is -1.18. The zero-order chi connectivity index (χ0) is 40.9. The first-order valence-corrected chi connectivity index (χ1v) is 25.4. The van der Waals surface area contributed by atoms with Gasteiger partial charge in [0.25, 0.3) is 0 Å². The molecule has 0 aliphatic carbocycles. The highest BCUT2D eigenvalue weighted by molar-refractivity contribution is 7.47. The highest BCUT2D eigenvalue weighted by Gasteiger charge is 2.25. The molecule has 0 heterocycles. The molecule has 0 bridgehead atoms. The normalized spacial score (nSPS) is 13.5. The number of nitrogens with two attached hydrogens (primary N) is 1. The van der Waals surface area contributed by atoms with E-state index in [0.717, 1.165) is 38.5 Å². The molecule has 3 N–H and O–H groups in total. The smallest absolute Gasteiger partial charge is 0.472 e. The van der Waals surface area contributed by atoms with Crippen LogP contribution in [-0.4, -0.2) is 43.3 Å². The van der Waals surface area contributed by atoms with E-state index in [-0.39, 0.29) is 32.3 Å². The Kier molecular flexibility index (Phi) is 44.0. The van der Waals surface area contributed by atoms with Gasteiger partial charge in [0, 0.05) is 13.0 Å². The summed E-state index contributed by atoms with van der Waals surface area (Å²) in [4.78, 5) is 22.5. The second kappa shape index (κ2) is 44.9. The Morgan fingerprint density at radius 1 is 0.536 bits per heavy atom. The molecule has 0 aliphatic heterocycles. The number of unbranched alkanes of at least 4 members (excludes halogenated alkanes) is 31. The lowest BCUT2D eigenvalue weighted by atomic mass is 10.0. The van der Waals surface area contributed by atoms with Crippen LogP contribution in [0.3, 0.4) is 0 Å². The van der Waals surface area contributed by atoms with Crippen molar-refractivity contribution in [3.8, 4) is 0 Å². The van der Waals surface area contributed by atoms with Crippen molar-refractivity contribution in [2.75, 3.05) is 26.4 Å². The summed E-state index contributed by atoms with van der Waals surface area (Å²) in [7, 11) is -4.29. The van der Waals surface area contributed by atoms with E-state index in [1.165, 1.54) is 180 Å². The van der Waals surface area contributed by atoms with E-state index in [9.17, 15) is 14.3 Å². The summed E-state index contributed by atoms with van der Waals surface area (Å²) >= 11 is 0. The zero-order valence-electron chi connectivity index (χ0n) is 36.9. The van der Waals surface area contributed by atoms with E-state index >= 15 is 0 Å². The van der Waals surface area contributed by atoms with Gasteiger partial charge >= 0.3 is 13.8 Å². The number of rotatable bonds is 46. The fourth-order valence-corrected chi connectivity index (χ4v) is 7.67. The number of phosphoric ester groups is 1. The van der Waals surface area contributed by atoms with E-state index in [1.807, 2.05) is 6.08 Å². The number of carbonyl (C=O) groups excluding carboxylic acids is 1. The van der Waals surface area contributed by atoms with Gasteiger partial charge in [-0.25, -0.2) is 4.57 Å². The molecule has 0 amide bonds. The Labute approximate surface area is 346 Å². The van der Waals surface area contributed by atoms with E-state index in [4.69, 9.17) is 24.3 Å². The van der Waals surface area contributed by atoms with Crippen molar-refractivity contribution in [2.24, 2.45) is 5.73 Å². The maximum Gasteiger partial charge on any atom is 0.472 e. The summed E-state index contributed by atoms with van der Waals surface area (Å²) in [6.07, 6.45) is 51.6. The minimum Gasteiger partial charge on any atom is -0.498 e. The van der Waals surface area contributed by atoms with Gasteiger partial charge < -0.3 is 20.1 Å². The number of hydrogen-bond acceptors (Lipinski definition) is 7. The number of allylic oxidation sites excluding steroid dienone is 3. The monoisotopic (exact) mass is 814 g/mol. The van der Waals surface area contributed by atoms with Crippen LogP contribution in [0.4, 0.5) is 0 Å². The molecule has 0 radical (unpaired) electrons. The van der Waals surface area contributed by atoms with Crippen LogP contribution in [-0.2, 0) is 27.9 Å². The third-order valence-electron chi connectivity index (χ3n) is 10.4. The number of esters is 1. The zero-order valence-corrected chi connectivity index (χ0v) is 37.8. The van der Waals surface area contributed by atoms with Crippen LogP contribution in [0.5, 0.6) is 0 Å². The van der Waals surface area contributed by atoms with Crippen LogP contribution >= 0.6 is 7.82 Å². The fraction of sp³-hybridized carbons (Fsp3) is 0.894. The summed E-state index contributed by atoms with van der Waals surface area (Å²) < 4.78 is 33.3. The topological polar surface area (TPSA) is 117 Å². The van der Waals surface area contributed by atoms with Gasteiger partial charge in [-0.3, -0.25) is 13.8 Å². The van der Waals surface area contributed by atoms with Crippen LogP contribution in [0.25, 0.3) is 0 Å². The quantitative estimate of drug-likeness (QED) is 0.0205. The summed E-state index contributed by atoms with van der Waals surface area (Å²) in [5.74, 6) is -0.350. The molecule has 2 unspecified atom stereocenters. The predicted molar refractivity (Wildman–Crippen MR) is 238 cm³/mol. The average Bonchev–Trinajstić information content (AvgIpc) is 3.19. The summed E-state index contributed by atoms with van der Waals surface area (Å²) in [6, 6.07) is 0. The van der Waals surface area contributed by atoms with Crippen molar-refractivity contribution in [1.82, 2.24) is 0 Å². The summed E-state index contributed by atoms with van der Waals surface area (Å²) in [6.45, 7) is 4.26. The molecule has 0 spiro atoms. The van der Waals surface area contributed by atoms with Gasteiger partial charge in [0.15, 0.2) is 6.10 Å². The lowest BCUT2D eigenvalue weighted by Crippen LogP contribution is -2.27. The predicted octanol–water partition coefficient (Wildman–Crippen LogP) is 14.8. The number of hydrogen-bond donors (Lipinski definition) is 2. The first-order chi connectivity index (χ1) is 27.4. The van der Waals surface area contributed by atoms with Crippen LogP contribution in [0.2, 0.25) is 0 Å². The van der Waals surface area contributed by atoms with Crippen LogP contribution in [0.15, 0.2) is 24.5 Å². The third kappa shape index (κ3) is 43.9. The highest BCUT2D eigenvalue weighted by Crippen LogP contribution is 2.43. The van der Waals surface area contributed by atoms with Crippen molar-refractivity contribution < 1.29 is 32.8 Å². The van der Waals surface area contributed by atoms with E-state index in [2.05, 4.69) is 26.0 Å². The van der Waals surface area contributed by atoms with Gasteiger partial charge in [-0.2, -0.15) is 0 Å². The van der Waals surface area contributed by atoms with E-state index in [1.54, 1.807) is 6.26 Å². The minimum atomic E-state index is -4.29. The van der Waals surface area contributed by atoms with Crippen molar-refractivity contribution >= 4 is 13.8 Å². The standard InChI is InChI=1S/C47H92NO7P/c1-3-5-7-9-11-13-15-17-19-21-22-23-24-25-26-28-30-32-34-36-38-40-47(49)55-46(45-54-56(50,51)53-43-41-48)44-52-42-39-37-35-33-31-29-27-20-18-16-14-12-10-8-6-4-2/h18,20,39,42,46H,3-17,19,21-38,40-41,43-45,48H2,1-2H3,(H,50,51). The molecule has 0 aromatic heterocycles. The van der Waals surface area contributed by atoms with E-state index in [0.29, 0.717) is 6.42 Å². The largest absolute Gasteiger partial charge is 0.498 e. The van der Waals surface area contributed by atoms with Crippen LogP contribution in [0.1, 0.15) is 239 Å². The molecule has 0 aromatic rings. The van der Waals surface area contributed by atoms with E-state index < -0.39 is 13.9 Å². The van der Waals surface area contributed by atoms with Crippen LogP contribution in [0, 0.1) is 0 Å². The van der Waals surface area contributed by atoms with Crippen molar-refractivity contribution in [3.63, 3.8) is 0 Å². The van der Waals surface area contributed by atoms with Gasteiger partial charge in [-0.1, -0.05) is 199 Å². The average molecular weight is 814 g/mol. The SMILES string of the molecule is CCCCCCCCC=CCCCCCCC=COCC(COP(=O)(O)OCCN)OC(=O)CCCCCCCCCCCCCCCCCCCCCCC. The molecule has 9 heteroatoms. The Balaban J connectivity index is 3.99. The molecule has 0 saturated carbocycles. The molecule has 0 aliphatic rings. The number of ether oxygens (including phenoxy) is 2. The molecule has 0 saturated heterocycles. The second-order valence-corrected chi connectivity index (χ2v) is 17.5. The Morgan fingerprint density at radius 3 is 1.32 bits per heavy atom. The molecular formula is C47H92NO7P. The summed E-state index contributed by atoms with van der Waals surface area (Å²) in [5, 5.41) is 0. The highest BCUT2D eigenvalue weighted by atomic mass is 31.2. The molecule has 0 aromatic carbocycles. The molecule has 0 fully saturated rings. The maximum atomic E-state index is 12.6. The van der Waals surface area contributed by atoms with Crippen molar-refractivity contribution in [1.29, 1.82) is 0 Å². The first kappa shape index (κ1) is 54.8. The van der Waals surface area contributed by atoms with Crippen molar-refractivity contribution in [3.05, 3.63) is 24.5 Å². The van der Waals surface area contributed by atoms with Gasteiger partial charge in [0.05, 0.1) is 19.5 Å². The molecule has 0 rings (SSSR count). The molecule has 332 valence electrons. The maximum absolute atomic E-state index is 12.6. The van der Waals surface area contributed by atoms with Gasteiger partial charge in [-0.05, 0) is 51.0 Å². The number of carbonyl (C=O) groups is 1. The molecule has 2 atom stereocenters. The van der Waals surface area contributed by atoms with Gasteiger partial charge in [-0.15, -0.1) is 0 Å². The second-order valence-electron chi connectivity index (χ2n) is 16.0. The Morgan fingerprint density at radius 2 is 0.911 bits per heavy atom. The fourth-order valence-electron chi connectivity index (χ4n) is 6.90. The molecule has 56 heavy (non-hydrogen) atoms. The van der Waals surface area contributed by atoms with Crippen molar-refractivity contribution in [2.45, 2.75) is 245 Å². The van der Waals surface area contributed by atoms with Gasteiger partial charge in [0.2, 0.25) is 0 Å². The number of phosphoric acid groups is 1. The van der Waals surface area contributed by atoms with Crippen LogP contribution < -0.4 is 5.73 Å². The lowest BCUT2D eigenvalue weighted by molar-refractivity contribution is -0.153. The molecule has 8 nitrogen and oxygen atoms in total. The minimum absolute atomic E-state index is 0.0313. The third-order valence-corrected chi connectivity index (χ3v) is 11.4. The Bertz CT molecular complexity index is 915. The first-order valence-electron chi connectivity index (χ1n) is 23.9. The van der Waals surface area contributed by atoms with Gasteiger partial charge in [0.1, 0.15) is 6.61 Å². The molecular weight excluding hydrogens is 721 g/mol.